The van der Waals surface area contributed by atoms with E-state index >= 15 is 0 Å². The molecule has 0 saturated carbocycles. The number of carboxylic acids is 1. The second-order valence-electron chi connectivity index (χ2n) is 8.95. The molecule has 37 heavy (non-hydrogen) atoms. The number of amides is 3. The molecule has 0 rings (SSSR count). The van der Waals surface area contributed by atoms with E-state index in [0.717, 1.165) is 0 Å². The van der Waals surface area contributed by atoms with Crippen LogP contribution in [-0.4, -0.2) is 84.0 Å². The Balaban J connectivity index is 5.50. The number of nitrogens with zero attached hydrogens (tertiary/aromatic N) is 1. The Bertz CT molecular complexity index is 751. The first-order valence-corrected chi connectivity index (χ1v) is 14.0. The summed E-state index contributed by atoms with van der Waals surface area (Å²) in [6.07, 6.45) is 4.82. The number of aliphatic imine (C=N–C) groups is 1. The maximum absolute atomic E-state index is 13.2. The molecule has 0 saturated heterocycles. The fraction of sp³-hybridized carbons (Fsp3) is 0.783. The van der Waals surface area contributed by atoms with E-state index < -0.39 is 47.9 Å². The quantitative estimate of drug-likeness (QED) is 0.0517. The first-order chi connectivity index (χ1) is 17.5. The largest absolute Gasteiger partial charge is 0.480 e. The number of nitrogens with one attached hydrogen (secondary N) is 3. The molecular weight excluding hydrogens is 500 g/mol. The van der Waals surface area contributed by atoms with Crippen molar-refractivity contribution in [2.75, 3.05) is 25.1 Å². The summed E-state index contributed by atoms with van der Waals surface area (Å²) in [6, 6.07) is -3.86. The van der Waals surface area contributed by atoms with Crippen molar-refractivity contribution in [3.05, 3.63) is 0 Å². The average molecular weight is 547 g/mol. The topological polar surface area (TPSA) is 241 Å². The third kappa shape index (κ3) is 14.7. The molecule has 12 N–H and O–H groups in total. The monoisotopic (exact) mass is 546 g/mol. The van der Waals surface area contributed by atoms with Crippen LogP contribution < -0.4 is 38.9 Å². The van der Waals surface area contributed by atoms with E-state index in [1.54, 1.807) is 11.8 Å². The van der Waals surface area contributed by atoms with Gasteiger partial charge in [-0.3, -0.25) is 19.4 Å². The molecule has 0 bridgehead atoms. The molecule has 5 unspecified atom stereocenters. The van der Waals surface area contributed by atoms with Crippen LogP contribution in [0.4, 0.5) is 0 Å². The van der Waals surface area contributed by atoms with Gasteiger partial charge in [0.1, 0.15) is 18.1 Å². The van der Waals surface area contributed by atoms with Crippen molar-refractivity contribution in [2.24, 2.45) is 33.8 Å². The predicted molar refractivity (Wildman–Crippen MR) is 147 cm³/mol. The molecule has 0 aliphatic heterocycles. The Morgan fingerprint density at radius 1 is 0.919 bits per heavy atom. The molecule has 5 atom stereocenters. The van der Waals surface area contributed by atoms with Crippen molar-refractivity contribution in [3.8, 4) is 0 Å². The van der Waals surface area contributed by atoms with E-state index in [1.165, 1.54) is 0 Å². The Labute approximate surface area is 223 Å². The molecule has 214 valence electrons. The average Bonchev–Trinajstić information content (AvgIpc) is 2.85. The van der Waals surface area contributed by atoms with Gasteiger partial charge in [-0.1, -0.05) is 20.3 Å². The fourth-order valence-corrected chi connectivity index (χ4v) is 3.88. The fourth-order valence-electron chi connectivity index (χ4n) is 3.39. The predicted octanol–water partition coefficient (Wildman–Crippen LogP) is -1.17. The second-order valence-corrected chi connectivity index (χ2v) is 9.94. The lowest BCUT2D eigenvalue weighted by Gasteiger charge is -2.28. The molecule has 0 heterocycles. The highest BCUT2D eigenvalue weighted by molar-refractivity contribution is 7.98. The number of carbonyl (C=O) groups is 4. The van der Waals surface area contributed by atoms with Gasteiger partial charge in [0.15, 0.2) is 5.96 Å². The highest BCUT2D eigenvalue weighted by Crippen LogP contribution is 2.11. The number of hydrogen-bond donors (Lipinski definition) is 8. The van der Waals surface area contributed by atoms with Gasteiger partial charge < -0.3 is 44.0 Å². The van der Waals surface area contributed by atoms with Gasteiger partial charge in [0.05, 0.1) is 6.04 Å². The van der Waals surface area contributed by atoms with E-state index in [2.05, 4.69) is 20.9 Å². The highest BCUT2D eigenvalue weighted by Gasteiger charge is 2.32. The number of rotatable bonds is 20. The van der Waals surface area contributed by atoms with Gasteiger partial charge in [0.2, 0.25) is 17.7 Å². The van der Waals surface area contributed by atoms with Crippen molar-refractivity contribution in [2.45, 2.75) is 83.0 Å². The van der Waals surface area contributed by atoms with Crippen LogP contribution in [0.5, 0.6) is 0 Å². The normalized spacial score (nSPS) is 14.9. The molecule has 0 aliphatic carbocycles. The summed E-state index contributed by atoms with van der Waals surface area (Å²) in [5, 5.41) is 17.5. The summed E-state index contributed by atoms with van der Waals surface area (Å²) in [7, 11) is 0. The van der Waals surface area contributed by atoms with Gasteiger partial charge in [-0.2, -0.15) is 11.8 Å². The number of unbranched alkanes of at least 4 members (excludes halogenated alkanes) is 1. The lowest BCUT2D eigenvalue weighted by molar-refractivity contribution is -0.142. The summed E-state index contributed by atoms with van der Waals surface area (Å²) in [5.41, 5.74) is 22.1. The number of carboxylic acid groups (broad SMARTS) is 1. The van der Waals surface area contributed by atoms with E-state index in [-0.39, 0.29) is 31.3 Å². The molecular formula is C23H46N8O5S. The maximum Gasteiger partial charge on any atom is 0.326 e. The molecule has 0 aliphatic rings. The number of carbonyl (C=O) groups excluding carboxylic acids is 3. The van der Waals surface area contributed by atoms with Gasteiger partial charge in [0.25, 0.3) is 0 Å². The summed E-state index contributed by atoms with van der Waals surface area (Å²) < 4.78 is 0. The van der Waals surface area contributed by atoms with Gasteiger partial charge >= 0.3 is 5.97 Å². The zero-order chi connectivity index (χ0) is 28.4. The third-order valence-corrected chi connectivity index (χ3v) is 6.55. The number of thioether (sulfide) groups is 1. The van der Waals surface area contributed by atoms with Crippen molar-refractivity contribution in [3.63, 3.8) is 0 Å². The molecule has 0 fully saturated rings. The highest BCUT2D eigenvalue weighted by atomic mass is 32.2. The molecule has 0 aromatic carbocycles. The SMILES string of the molecule is CCC(C)C(NC(=O)C(N)CCSC)C(=O)NC(CCCCN)C(=O)NC(CCCN=C(N)N)C(=O)O. The smallest absolute Gasteiger partial charge is 0.326 e. The van der Waals surface area contributed by atoms with Gasteiger partial charge in [0, 0.05) is 6.54 Å². The summed E-state index contributed by atoms with van der Waals surface area (Å²) in [6.45, 7) is 4.33. The molecule has 0 spiro atoms. The van der Waals surface area contributed by atoms with Crippen molar-refractivity contribution >= 4 is 41.4 Å². The van der Waals surface area contributed by atoms with Crippen LogP contribution in [0.2, 0.25) is 0 Å². The van der Waals surface area contributed by atoms with Crippen LogP contribution in [0.1, 0.15) is 58.8 Å². The molecule has 13 nitrogen and oxygen atoms in total. The van der Waals surface area contributed by atoms with Crippen molar-refractivity contribution in [1.29, 1.82) is 0 Å². The van der Waals surface area contributed by atoms with E-state index in [1.807, 2.05) is 20.1 Å². The minimum Gasteiger partial charge on any atom is -0.480 e. The van der Waals surface area contributed by atoms with Gasteiger partial charge in [-0.05, 0) is 63.0 Å². The summed E-state index contributed by atoms with van der Waals surface area (Å²) in [5.74, 6) is -2.45. The third-order valence-electron chi connectivity index (χ3n) is 5.90. The Morgan fingerprint density at radius 2 is 1.54 bits per heavy atom. The Morgan fingerprint density at radius 3 is 2.08 bits per heavy atom. The van der Waals surface area contributed by atoms with E-state index in [9.17, 15) is 24.3 Å². The summed E-state index contributed by atoms with van der Waals surface area (Å²) >= 11 is 1.57. The Kier molecular flexibility index (Phi) is 18.2. The van der Waals surface area contributed by atoms with Gasteiger partial charge in [-0.25, -0.2) is 4.79 Å². The minimum atomic E-state index is -1.21. The van der Waals surface area contributed by atoms with Crippen LogP contribution in [0.15, 0.2) is 4.99 Å². The van der Waals surface area contributed by atoms with Crippen molar-refractivity contribution < 1.29 is 24.3 Å². The van der Waals surface area contributed by atoms with E-state index in [0.29, 0.717) is 44.4 Å². The zero-order valence-corrected chi connectivity index (χ0v) is 23.0. The molecule has 0 aromatic rings. The van der Waals surface area contributed by atoms with Crippen LogP contribution in [0, 0.1) is 5.92 Å². The standard InChI is InChI=1S/C23H46N8O5S/c1-4-14(2)18(31-19(32)15(25)10-13-37-3)21(34)29-16(8-5-6-11-24)20(33)30-17(22(35)36)9-7-12-28-23(26)27/h14-18H,4-13,24-25H2,1-3H3,(H,29,34)(H,30,33)(H,31,32)(H,35,36)(H4,26,27,28). The molecule has 14 heteroatoms. The maximum atomic E-state index is 13.2. The molecule has 3 amide bonds. The van der Waals surface area contributed by atoms with E-state index in [4.69, 9.17) is 22.9 Å². The molecule has 0 aromatic heterocycles. The summed E-state index contributed by atoms with van der Waals surface area (Å²) in [4.78, 5) is 54.4. The van der Waals surface area contributed by atoms with Crippen LogP contribution in [-0.2, 0) is 19.2 Å². The number of hydrogen-bond acceptors (Lipinski definition) is 8. The number of aliphatic carboxylic acids is 1. The zero-order valence-electron chi connectivity index (χ0n) is 22.2. The first-order valence-electron chi connectivity index (χ1n) is 12.6. The first kappa shape index (κ1) is 34.4. The van der Waals surface area contributed by atoms with Gasteiger partial charge in [-0.15, -0.1) is 0 Å². The number of guanidine groups is 1. The van der Waals surface area contributed by atoms with Crippen LogP contribution in [0.3, 0.4) is 0 Å². The second kappa shape index (κ2) is 19.5. The Hall–Kier alpha value is -2.58. The van der Waals surface area contributed by atoms with Crippen LogP contribution in [0.25, 0.3) is 0 Å². The number of nitrogens with two attached hydrogens (primary N) is 4. The lowest BCUT2D eigenvalue weighted by Crippen LogP contribution is -2.58. The van der Waals surface area contributed by atoms with Crippen molar-refractivity contribution in [1.82, 2.24) is 16.0 Å². The minimum absolute atomic E-state index is 0.0980. The lowest BCUT2D eigenvalue weighted by atomic mass is 9.97. The van der Waals surface area contributed by atoms with Crippen LogP contribution >= 0.6 is 11.8 Å². The molecule has 0 radical (unpaired) electrons.